The molecule has 0 N–H and O–H groups in total. The molecule has 0 saturated carbocycles. The van der Waals surface area contributed by atoms with Crippen molar-refractivity contribution in [2.24, 2.45) is 0 Å². The Balaban J connectivity index is 1.67. The lowest BCUT2D eigenvalue weighted by molar-refractivity contribution is 0.263. The van der Waals surface area contributed by atoms with E-state index in [0.717, 1.165) is 17.4 Å². The molecule has 0 spiro atoms. The molecule has 1 aromatic heterocycles. The number of hydrogen-bond donors (Lipinski definition) is 0. The number of halogens is 1. The summed E-state index contributed by atoms with van der Waals surface area (Å²) in [6.07, 6.45) is 0. The molecule has 0 bridgehead atoms. The number of nitriles is 1. The average Bonchev–Trinajstić information content (AvgIpc) is 3.09. The van der Waals surface area contributed by atoms with Gasteiger partial charge in [-0.05, 0) is 36.4 Å². The normalized spacial score (nSPS) is 10.2. The van der Waals surface area contributed by atoms with Gasteiger partial charge in [0.05, 0.1) is 12.7 Å². The molecule has 0 aliphatic heterocycles. The van der Waals surface area contributed by atoms with E-state index in [4.69, 9.17) is 19.2 Å². The smallest absolute Gasteiger partial charge is 0.254 e. The Morgan fingerprint density at radius 1 is 1.12 bits per heavy atom. The standard InChI is InChI=1S/C17H12FN3O3/c1-22-13-5-2-11(3-6-13)17-21-20-16(24-17)10-23-14-7-4-12(9-19)15(18)8-14/h2-8H,10H2,1H3. The van der Waals surface area contributed by atoms with E-state index in [9.17, 15) is 4.39 Å². The van der Waals surface area contributed by atoms with Gasteiger partial charge in [-0.15, -0.1) is 10.2 Å². The zero-order valence-electron chi connectivity index (χ0n) is 12.7. The summed E-state index contributed by atoms with van der Waals surface area (Å²) in [4.78, 5) is 0. The first-order chi connectivity index (χ1) is 11.7. The third kappa shape index (κ3) is 3.33. The van der Waals surface area contributed by atoms with Gasteiger partial charge in [-0.1, -0.05) is 0 Å². The molecule has 24 heavy (non-hydrogen) atoms. The van der Waals surface area contributed by atoms with Crippen LogP contribution in [0.4, 0.5) is 4.39 Å². The molecule has 7 heteroatoms. The van der Waals surface area contributed by atoms with Gasteiger partial charge < -0.3 is 13.9 Å². The second-order valence-electron chi connectivity index (χ2n) is 4.77. The molecule has 0 saturated heterocycles. The highest BCUT2D eigenvalue weighted by atomic mass is 19.1. The third-order valence-corrected chi connectivity index (χ3v) is 3.23. The van der Waals surface area contributed by atoms with E-state index in [1.54, 1.807) is 37.4 Å². The second-order valence-corrected chi connectivity index (χ2v) is 4.77. The summed E-state index contributed by atoms with van der Waals surface area (Å²) in [7, 11) is 1.59. The fourth-order valence-electron chi connectivity index (χ4n) is 1.98. The summed E-state index contributed by atoms with van der Waals surface area (Å²) in [6.45, 7) is -0.00546. The molecule has 0 amide bonds. The first-order valence-corrected chi connectivity index (χ1v) is 6.99. The number of ether oxygens (including phenoxy) is 2. The maximum Gasteiger partial charge on any atom is 0.254 e. The predicted octanol–water partition coefficient (Wildman–Crippen LogP) is 3.33. The number of aromatic nitrogens is 2. The summed E-state index contributed by atoms with van der Waals surface area (Å²) >= 11 is 0. The molecule has 2 aromatic carbocycles. The molecule has 3 aromatic rings. The van der Waals surface area contributed by atoms with Gasteiger partial charge in [0.25, 0.3) is 5.89 Å². The Morgan fingerprint density at radius 3 is 2.54 bits per heavy atom. The minimum absolute atomic E-state index is 0.00546. The first-order valence-electron chi connectivity index (χ1n) is 6.99. The Hall–Kier alpha value is -3.40. The van der Waals surface area contributed by atoms with Crippen LogP contribution in [-0.4, -0.2) is 17.3 Å². The molecule has 0 fully saturated rings. The monoisotopic (exact) mass is 325 g/mol. The molecule has 3 rings (SSSR count). The number of nitrogens with zero attached hydrogens (tertiary/aromatic N) is 3. The maximum absolute atomic E-state index is 13.5. The second kappa shape index (κ2) is 6.79. The molecular weight excluding hydrogens is 313 g/mol. The van der Waals surface area contributed by atoms with Gasteiger partial charge in [0.1, 0.15) is 23.4 Å². The summed E-state index contributed by atoms with van der Waals surface area (Å²) in [6, 6.07) is 12.9. The van der Waals surface area contributed by atoms with Crippen LogP contribution in [0.25, 0.3) is 11.5 Å². The number of methoxy groups -OCH3 is 1. The molecule has 0 radical (unpaired) electrons. The highest BCUT2D eigenvalue weighted by molar-refractivity contribution is 5.53. The zero-order chi connectivity index (χ0) is 16.9. The van der Waals surface area contributed by atoms with Crippen molar-refractivity contribution in [3.05, 3.63) is 59.7 Å². The van der Waals surface area contributed by atoms with Crippen molar-refractivity contribution in [2.45, 2.75) is 6.61 Å². The summed E-state index contributed by atoms with van der Waals surface area (Å²) < 4.78 is 29.5. The lowest BCUT2D eigenvalue weighted by atomic mass is 10.2. The van der Waals surface area contributed by atoms with E-state index in [2.05, 4.69) is 10.2 Å². The van der Waals surface area contributed by atoms with Gasteiger partial charge in [-0.25, -0.2) is 4.39 Å². The third-order valence-electron chi connectivity index (χ3n) is 3.23. The van der Waals surface area contributed by atoms with E-state index in [-0.39, 0.29) is 23.8 Å². The van der Waals surface area contributed by atoms with Crippen LogP contribution in [-0.2, 0) is 6.61 Å². The minimum Gasteiger partial charge on any atom is -0.497 e. The molecular formula is C17H12FN3O3. The number of benzene rings is 2. The van der Waals surface area contributed by atoms with Crippen LogP contribution in [0.5, 0.6) is 11.5 Å². The Labute approximate surface area is 137 Å². The van der Waals surface area contributed by atoms with Crippen molar-refractivity contribution in [1.82, 2.24) is 10.2 Å². The highest BCUT2D eigenvalue weighted by Crippen LogP contribution is 2.22. The Morgan fingerprint density at radius 2 is 1.88 bits per heavy atom. The zero-order valence-corrected chi connectivity index (χ0v) is 12.7. The van der Waals surface area contributed by atoms with Crippen LogP contribution >= 0.6 is 0 Å². The van der Waals surface area contributed by atoms with E-state index in [1.165, 1.54) is 12.1 Å². The summed E-state index contributed by atoms with van der Waals surface area (Å²) in [5.41, 5.74) is 0.709. The van der Waals surface area contributed by atoms with Crippen molar-refractivity contribution in [3.63, 3.8) is 0 Å². The van der Waals surface area contributed by atoms with Gasteiger partial charge in [-0.2, -0.15) is 5.26 Å². The van der Waals surface area contributed by atoms with E-state index in [1.807, 2.05) is 0 Å². The lowest BCUT2D eigenvalue weighted by Gasteiger charge is -2.03. The van der Waals surface area contributed by atoms with Gasteiger partial charge in [0.2, 0.25) is 5.89 Å². The average molecular weight is 325 g/mol. The van der Waals surface area contributed by atoms with Crippen molar-refractivity contribution in [2.75, 3.05) is 7.11 Å². The lowest BCUT2D eigenvalue weighted by Crippen LogP contribution is -1.96. The molecule has 0 atom stereocenters. The molecule has 0 unspecified atom stereocenters. The van der Waals surface area contributed by atoms with Crippen LogP contribution < -0.4 is 9.47 Å². The van der Waals surface area contributed by atoms with Crippen LogP contribution in [0.2, 0.25) is 0 Å². The van der Waals surface area contributed by atoms with Crippen molar-refractivity contribution >= 4 is 0 Å². The number of hydrogen-bond acceptors (Lipinski definition) is 6. The minimum atomic E-state index is -0.639. The maximum atomic E-state index is 13.5. The topological polar surface area (TPSA) is 81.2 Å². The first kappa shape index (κ1) is 15.5. The van der Waals surface area contributed by atoms with E-state index < -0.39 is 5.82 Å². The van der Waals surface area contributed by atoms with E-state index >= 15 is 0 Å². The van der Waals surface area contributed by atoms with Crippen molar-refractivity contribution < 1.29 is 18.3 Å². The van der Waals surface area contributed by atoms with Gasteiger partial charge in [0.15, 0.2) is 6.61 Å². The van der Waals surface area contributed by atoms with Crippen LogP contribution in [0.3, 0.4) is 0 Å². The molecule has 0 aliphatic rings. The molecule has 120 valence electrons. The Bertz CT molecular complexity index is 885. The fraction of sp³-hybridized carbons (Fsp3) is 0.118. The van der Waals surface area contributed by atoms with Gasteiger partial charge >= 0.3 is 0 Å². The van der Waals surface area contributed by atoms with Crippen LogP contribution in [0, 0.1) is 17.1 Å². The van der Waals surface area contributed by atoms with Crippen molar-refractivity contribution in [1.29, 1.82) is 5.26 Å². The molecule has 1 heterocycles. The van der Waals surface area contributed by atoms with Crippen molar-refractivity contribution in [3.8, 4) is 29.0 Å². The Kier molecular flexibility index (Phi) is 4.38. The van der Waals surface area contributed by atoms with Crippen LogP contribution in [0.15, 0.2) is 46.9 Å². The van der Waals surface area contributed by atoms with Crippen LogP contribution in [0.1, 0.15) is 11.5 Å². The summed E-state index contributed by atoms with van der Waals surface area (Å²) in [5.74, 6) is 0.965. The van der Waals surface area contributed by atoms with Gasteiger partial charge in [0, 0.05) is 11.6 Å². The SMILES string of the molecule is COc1ccc(-c2nnc(COc3ccc(C#N)c(F)c3)o2)cc1. The largest absolute Gasteiger partial charge is 0.497 e. The van der Waals surface area contributed by atoms with Gasteiger partial charge in [-0.3, -0.25) is 0 Å². The highest BCUT2D eigenvalue weighted by Gasteiger charge is 2.10. The molecule has 6 nitrogen and oxygen atoms in total. The quantitative estimate of drug-likeness (QED) is 0.715. The van der Waals surface area contributed by atoms with E-state index in [0.29, 0.717) is 5.89 Å². The fourth-order valence-corrected chi connectivity index (χ4v) is 1.98. The summed E-state index contributed by atoms with van der Waals surface area (Å²) in [5, 5.41) is 16.5. The number of rotatable bonds is 5. The molecule has 0 aliphatic carbocycles. The predicted molar refractivity (Wildman–Crippen MR) is 81.7 cm³/mol.